The number of amides is 2. The fourth-order valence-corrected chi connectivity index (χ4v) is 5.21. The predicted molar refractivity (Wildman–Crippen MR) is 139 cm³/mol. The van der Waals surface area contributed by atoms with E-state index in [1.54, 1.807) is 13.0 Å². The van der Waals surface area contributed by atoms with Crippen LogP contribution in [0.1, 0.15) is 57.9 Å². The number of H-pyrrole nitrogens is 1. The molecular weight excluding hydrogens is 551 g/mol. The van der Waals surface area contributed by atoms with Crippen LogP contribution in [0.15, 0.2) is 30.5 Å². The quantitative estimate of drug-likeness (QED) is 0.284. The molecule has 6 rings (SSSR count). The van der Waals surface area contributed by atoms with Gasteiger partial charge in [-0.05, 0) is 56.7 Å². The van der Waals surface area contributed by atoms with Gasteiger partial charge in [-0.1, -0.05) is 11.6 Å². The lowest BCUT2D eigenvalue weighted by Crippen LogP contribution is -2.39. The second kappa shape index (κ2) is 9.22. The van der Waals surface area contributed by atoms with Gasteiger partial charge in [-0.3, -0.25) is 14.7 Å². The Bertz CT molecular complexity index is 1670. The van der Waals surface area contributed by atoms with Crippen molar-refractivity contribution < 1.29 is 27.5 Å². The molecule has 0 unspecified atom stereocenters. The molecule has 0 saturated heterocycles. The summed E-state index contributed by atoms with van der Waals surface area (Å²) >= 11 is 6.18. The SMILES string of the molecule is COc1cc2c(C)[nH]nc2c(C(=O)NC2(C3CC3)CC2)c1NC(=O)c1cc(C(F)(F)F)nn1-c1ncccc1Cl. The van der Waals surface area contributed by atoms with Crippen molar-refractivity contribution in [3.63, 3.8) is 0 Å². The van der Waals surface area contributed by atoms with E-state index < -0.39 is 29.4 Å². The molecule has 1 aromatic carbocycles. The van der Waals surface area contributed by atoms with Crippen LogP contribution in [0, 0.1) is 12.8 Å². The minimum absolute atomic E-state index is 0.0192. The molecule has 2 fully saturated rings. The van der Waals surface area contributed by atoms with Gasteiger partial charge in [0.25, 0.3) is 11.8 Å². The van der Waals surface area contributed by atoms with Crippen molar-refractivity contribution in [3.05, 3.63) is 58.1 Å². The minimum Gasteiger partial charge on any atom is -0.495 e. The third kappa shape index (κ3) is 4.43. The standard InChI is InChI=1S/C26H23ClF3N7O3/c1-12-14-10-17(40-2)21(19(20(14)35-34-12)24(39)33-25(7-8-25)13-5-6-13)32-23(38)16-11-18(26(28,29)30)36-37(16)22-15(27)4-3-9-31-22/h3-4,9-11,13H,5-8H2,1-2H3,(H,32,38)(H,33,39)(H,34,35). The number of aryl methyl sites for hydroxylation is 1. The van der Waals surface area contributed by atoms with E-state index in [9.17, 15) is 22.8 Å². The number of nitrogens with zero attached hydrogens (tertiary/aromatic N) is 4. The average molecular weight is 574 g/mol. The molecule has 10 nitrogen and oxygen atoms in total. The molecule has 2 aliphatic carbocycles. The molecule has 0 atom stereocenters. The van der Waals surface area contributed by atoms with Crippen molar-refractivity contribution in [1.29, 1.82) is 0 Å². The Hall–Kier alpha value is -4.13. The van der Waals surface area contributed by atoms with Crippen LogP contribution in [0.3, 0.4) is 0 Å². The molecule has 208 valence electrons. The van der Waals surface area contributed by atoms with Crippen molar-refractivity contribution in [1.82, 2.24) is 30.3 Å². The van der Waals surface area contributed by atoms with Gasteiger partial charge >= 0.3 is 6.18 Å². The Morgan fingerprint density at radius 3 is 2.60 bits per heavy atom. The van der Waals surface area contributed by atoms with E-state index in [0.717, 1.165) is 30.4 Å². The van der Waals surface area contributed by atoms with Gasteiger partial charge in [-0.25, -0.2) is 9.67 Å². The zero-order valence-electron chi connectivity index (χ0n) is 21.3. The number of anilines is 1. The molecule has 2 amide bonds. The van der Waals surface area contributed by atoms with Gasteiger partial charge in [-0.15, -0.1) is 0 Å². The number of nitrogens with one attached hydrogen (secondary N) is 3. The fourth-order valence-electron chi connectivity index (χ4n) is 5.00. The Kier molecular flexibility index (Phi) is 6.02. The number of benzene rings is 1. The van der Waals surface area contributed by atoms with E-state index in [4.69, 9.17) is 16.3 Å². The highest BCUT2D eigenvalue weighted by Crippen LogP contribution is 2.54. The van der Waals surface area contributed by atoms with E-state index in [0.29, 0.717) is 23.1 Å². The molecule has 14 heteroatoms. The summed E-state index contributed by atoms with van der Waals surface area (Å²) in [4.78, 5) is 31.4. The normalized spacial score (nSPS) is 16.1. The number of rotatable bonds is 7. The molecule has 3 N–H and O–H groups in total. The molecule has 0 bridgehead atoms. The Morgan fingerprint density at radius 2 is 1.98 bits per heavy atom. The first-order chi connectivity index (χ1) is 19.0. The van der Waals surface area contributed by atoms with E-state index in [1.165, 1.54) is 25.4 Å². The van der Waals surface area contributed by atoms with Crippen LogP contribution >= 0.6 is 11.6 Å². The van der Waals surface area contributed by atoms with Gasteiger partial charge in [0.1, 0.15) is 17.0 Å². The van der Waals surface area contributed by atoms with Gasteiger partial charge in [-0.2, -0.15) is 23.4 Å². The molecule has 4 aromatic rings. The number of fused-ring (bicyclic) bond motifs is 1. The molecule has 0 radical (unpaired) electrons. The first-order valence-corrected chi connectivity index (χ1v) is 12.9. The Balaban J connectivity index is 1.46. The number of methoxy groups -OCH3 is 1. The summed E-state index contributed by atoms with van der Waals surface area (Å²) in [5, 5.41) is 17.0. The molecule has 3 aromatic heterocycles. The lowest BCUT2D eigenvalue weighted by Gasteiger charge is -2.20. The number of carbonyl (C=O) groups excluding carboxylic acids is 2. The number of aromatic amines is 1. The van der Waals surface area contributed by atoms with Crippen LogP contribution < -0.4 is 15.4 Å². The van der Waals surface area contributed by atoms with Crippen LogP contribution in [0.5, 0.6) is 5.75 Å². The molecule has 2 aliphatic rings. The molecular formula is C26H23ClF3N7O3. The maximum Gasteiger partial charge on any atom is 0.435 e. The second-order valence-corrected chi connectivity index (χ2v) is 10.5. The summed E-state index contributed by atoms with van der Waals surface area (Å²) < 4.78 is 47.2. The van der Waals surface area contributed by atoms with Crippen LogP contribution in [-0.2, 0) is 6.18 Å². The summed E-state index contributed by atoms with van der Waals surface area (Å²) in [6.07, 6.45) is 0.215. The molecule has 0 spiro atoms. The van der Waals surface area contributed by atoms with Gasteiger partial charge in [0.05, 0.1) is 23.4 Å². The van der Waals surface area contributed by atoms with Crippen molar-refractivity contribution in [2.45, 2.75) is 44.3 Å². The van der Waals surface area contributed by atoms with Gasteiger partial charge in [0, 0.05) is 28.9 Å². The lowest BCUT2D eigenvalue weighted by molar-refractivity contribution is -0.141. The molecule has 2 saturated carbocycles. The number of hydrogen-bond acceptors (Lipinski definition) is 6. The van der Waals surface area contributed by atoms with Crippen LogP contribution in [0.4, 0.5) is 18.9 Å². The van der Waals surface area contributed by atoms with Crippen LogP contribution in [0.25, 0.3) is 16.7 Å². The number of halogens is 4. The summed E-state index contributed by atoms with van der Waals surface area (Å²) in [5.41, 5.74) is -1.16. The van der Waals surface area contributed by atoms with Crippen molar-refractivity contribution >= 4 is 40.0 Å². The van der Waals surface area contributed by atoms with Crippen LogP contribution in [-0.4, -0.2) is 49.4 Å². The molecule has 3 heterocycles. The smallest absolute Gasteiger partial charge is 0.435 e. The monoisotopic (exact) mass is 573 g/mol. The number of aromatic nitrogens is 5. The third-order valence-corrected chi connectivity index (χ3v) is 7.67. The summed E-state index contributed by atoms with van der Waals surface area (Å²) in [6, 6.07) is 5.09. The maximum absolute atomic E-state index is 13.8. The fraction of sp³-hybridized carbons (Fsp3) is 0.346. The zero-order valence-corrected chi connectivity index (χ0v) is 22.1. The summed E-state index contributed by atoms with van der Waals surface area (Å²) in [5.74, 6) is -1.10. The molecule has 40 heavy (non-hydrogen) atoms. The highest BCUT2D eigenvalue weighted by Gasteiger charge is 2.55. The maximum atomic E-state index is 13.8. The Morgan fingerprint density at radius 1 is 1.23 bits per heavy atom. The van der Waals surface area contributed by atoms with Crippen LogP contribution in [0.2, 0.25) is 5.02 Å². The predicted octanol–water partition coefficient (Wildman–Crippen LogP) is 5.06. The highest BCUT2D eigenvalue weighted by molar-refractivity contribution is 6.32. The lowest BCUT2D eigenvalue weighted by atomic mass is 10.0. The summed E-state index contributed by atoms with van der Waals surface area (Å²) in [7, 11) is 1.36. The van der Waals surface area contributed by atoms with E-state index in [1.807, 2.05) is 0 Å². The van der Waals surface area contributed by atoms with E-state index in [2.05, 4.69) is 30.9 Å². The first kappa shape index (κ1) is 26.1. The number of ether oxygens (including phenoxy) is 1. The van der Waals surface area contributed by atoms with Gasteiger partial charge in [0.2, 0.25) is 0 Å². The second-order valence-electron chi connectivity index (χ2n) is 10.0. The highest BCUT2D eigenvalue weighted by atomic mass is 35.5. The van der Waals surface area contributed by atoms with E-state index in [-0.39, 0.29) is 38.9 Å². The minimum atomic E-state index is -4.85. The van der Waals surface area contributed by atoms with Gasteiger partial charge < -0.3 is 15.4 Å². The number of alkyl halides is 3. The average Bonchev–Trinajstić information content (AvgIpc) is 3.82. The third-order valence-electron chi connectivity index (χ3n) is 7.37. The largest absolute Gasteiger partial charge is 0.495 e. The number of carbonyl (C=O) groups is 2. The zero-order chi connectivity index (χ0) is 28.4. The Labute approximate surface area is 230 Å². The number of hydrogen-bond donors (Lipinski definition) is 3. The van der Waals surface area contributed by atoms with E-state index >= 15 is 0 Å². The molecule has 0 aliphatic heterocycles. The summed E-state index contributed by atoms with van der Waals surface area (Å²) in [6.45, 7) is 1.77. The van der Waals surface area contributed by atoms with Crippen molar-refractivity contribution in [2.75, 3.05) is 12.4 Å². The number of pyridine rings is 1. The first-order valence-electron chi connectivity index (χ1n) is 12.5. The topological polar surface area (TPSA) is 127 Å². The van der Waals surface area contributed by atoms with Crippen molar-refractivity contribution in [2.24, 2.45) is 5.92 Å². The van der Waals surface area contributed by atoms with Crippen molar-refractivity contribution in [3.8, 4) is 11.6 Å². The van der Waals surface area contributed by atoms with Gasteiger partial charge in [0.15, 0.2) is 11.5 Å².